The molecule has 1 atom stereocenters. The van der Waals surface area contributed by atoms with Crippen molar-refractivity contribution in [2.24, 2.45) is 0 Å². The Balaban J connectivity index is 1.04. The number of aromatic nitrogens is 4. The van der Waals surface area contributed by atoms with E-state index < -0.39 is 41.1 Å². The Bertz CT molecular complexity index is 2600. The van der Waals surface area contributed by atoms with E-state index in [4.69, 9.17) is 4.74 Å². The number of anilines is 2. The zero-order valence-electron chi connectivity index (χ0n) is 34.4. The molecular formula is C44H45F4N9O5. The highest BCUT2D eigenvalue weighted by atomic mass is 19.1. The van der Waals surface area contributed by atoms with Crippen LogP contribution in [-0.4, -0.2) is 107 Å². The van der Waals surface area contributed by atoms with Crippen molar-refractivity contribution in [1.29, 1.82) is 0 Å². The molecule has 1 unspecified atom stereocenters. The molecule has 14 nitrogen and oxygen atoms in total. The third-order valence-corrected chi connectivity index (χ3v) is 11.9. The van der Waals surface area contributed by atoms with Gasteiger partial charge in [-0.1, -0.05) is 11.3 Å². The van der Waals surface area contributed by atoms with Gasteiger partial charge in [-0.05, 0) is 72.6 Å². The summed E-state index contributed by atoms with van der Waals surface area (Å²) in [6, 6.07) is 7.16. The summed E-state index contributed by atoms with van der Waals surface area (Å²) in [5.74, 6) is -4.15. The van der Waals surface area contributed by atoms with Crippen molar-refractivity contribution >= 4 is 51.5 Å². The Morgan fingerprint density at radius 3 is 2.44 bits per heavy atom. The maximum atomic E-state index is 16.6. The zero-order chi connectivity index (χ0) is 43.8. The van der Waals surface area contributed by atoms with E-state index in [9.17, 15) is 19.2 Å². The molecule has 62 heavy (non-hydrogen) atoms. The van der Waals surface area contributed by atoms with Gasteiger partial charge in [0.2, 0.25) is 17.7 Å². The first-order chi connectivity index (χ1) is 29.8. The van der Waals surface area contributed by atoms with Gasteiger partial charge in [0.25, 0.3) is 5.91 Å². The first-order valence-corrected chi connectivity index (χ1v) is 20.4. The lowest BCUT2D eigenvalue weighted by atomic mass is 9.88. The summed E-state index contributed by atoms with van der Waals surface area (Å²) in [6.45, 7) is 1.36. The van der Waals surface area contributed by atoms with Crippen LogP contribution in [0, 0.1) is 23.3 Å². The number of aryl methyl sites for hydroxylation is 1. The number of benzene rings is 3. The standard InChI is InChI=1S/C44H45F4N9O5/c1-54(2)44(61)36-19-30-28(17-27(41(48)42(30)51-36)25-5-4-12-56(23-25)40(59)10-15-57-16-11-49-53-57)29-18-33(47)37(22-32(29)46)55-13-8-24(9-14-55)26-20-38(62-3)35(21-31(26)45)50-34-6-7-39(58)52-43(34)60/h5,11,16-22,24,34,50-51H,4,6-10,12-15,23H2,1-3H3,(H,52,58,60). The quantitative estimate of drug-likeness (QED) is 0.107. The number of carbonyl (C=O) groups is 4. The molecule has 4 amide bonds. The molecule has 3 aliphatic heterocycles. The number of hydrogen-bond donors (Lipinski definition) is 3. The topological polar surface area (TPSA) is 158 Å². The van der Waals surface area contributed by atoms with E-state index in [1.165, 1.54) is 36.4 Å². The minimum atomic E-state index is -0.776. The molecule has 3 aromatic carbocycles. The van der Waals surface area contributed by atoms with Crippen molar-refractivity contribution in [3.63, 3.8) is 0 Å². The van der Waals surface area contributed by atoms with Crippen LogP contribution in [-0.2, 0) is 20.9 Å². The number of nitrogens with one attached hydrogen (secondary N) is 3. The number of methoxy groups -OCH3 is 1. The zero-order valence-corrected chi connectivity index (χ0v) is 34.4. The molecule has 3 N–H and O–H groups in total. The number of ether oxygens (including phenoxy) is 1. The van der Waals surface area contributed by atoms with E-state index in [-0.39, 0.29) is 101 Å². The third kappa shape index (κ3) is 8.32. The molecule has 0 bridgehead atoms. The second-order valence-corrected chi connectivity index (χ2v) is 16.0. The molecule has 5 aromatic rings. The summed E-state index contributed by atoms with van der Waals surface area (Å²) in [7, 11) is 4.52. The summed E-state index contributed by atoms with van der Waals surface area (Å²) >= 11 is 0. The van der Waals surface area contributed by atoms with Crippen LogP contribution < -0.4 is 20.3 Å². The molecule has 0 spiro atoms. The van der Waals surface area contributed by atoms with Crippen LogP contribution in [0.25, 0.3) is 27.6 Å². The predicted octanol–water partition coefficient (Wildman–Crippen LogP) is 6.00. The van der Waals surface area contributed by atoms with Gasteiger partial charge in [0.05, 0.1) is 36.7 Å². The lowest BCUT2D eigenvalue weighted by Crippen LogP contribution is -2.47. The highest BCUT2D eigenvalue weighted by molar-refractivity contribution is 6.05. The average Bonchev–Trinajstić information content (AvgIpc) is 3.96. The van der Waals surface area contributed by atoms with Crippen molar-refractivity contribution in [3.8, 4) is 16.9 Å². The highest BCUT2D eigenvalue weighted by Gasteiger charge is 2.31. The Morgan fingerprint density at radius 1 is 0.935 bits per heavy atom. The van der Waals surface area contributed by atoms with Crippen LogP contribution in [0.15, 0.2) is 54.9 Å². The van der Waals surface area contributed by atoms with Crippen LogP contribution in [0.1, 0.15) is 66.1 Å². The van der Waals surface area contributed by atoms with Gasteiger partial charge in [-0.15, -0.1) is 5.10 Å². The fourth-order valence-corrected chi connectivity index (χ4v) is 8.54. The van der Waals surface area contributed by atoms with Gasteiger partial charge >= 0.3 is 0 Å². The van der Waals surface area contributed by atoms with E-state index in [0.717, 1.165) is 12.1 Å². The van der Waals surface area contributed by atoms with Gasteiger partial charge < -0.3 is 29.7 Å². The summed E-state index contributed by atoms with van der Waals surface area (Å²) in [4.78, 5) is 57.7. The molecule has 2 saturated heterocycles. The molecule has 324 valence electrons. The van der Waals surface area contributed by atoms with Gasteiger partial charge in [-0.3, -0.25) is 29.2 Å². The minimum Gasteiger partial charge on any atom is -0.495 e. The maximum Gasteiger partial charge on any atom is 0.269 e. The van der Waals surface area contributed by atoms with Crippen LogP contribution >= 0.6 is 0 Å². The number of rotatable bonds is 11. The van der Waals surface area contributed by atoms with Gasteiger partial charge in [-0.2, -0.15) is 0 Å². The highest BCUT2D eigenvalue weighted by Crippen LogP contribution is 2.42. The number of H-pyrrole nitrogens is 1. The number of nitrogens with zero attached hydrogens (tertiary/aromatic N) is 6. The SMILES string of the molecule is COc1cc(C2CCN(c3cc(F)c(-c4cc(C5=CCCN(C(=O)CCn6ccnn6)C5)c(F)c5[nH]c(C(=O)N(C)C)cc45)cc3F)CC2)c(F)cc1NC1CCC(=O)NC1=O. The summed E-state index contributed by atoms with van der Waals surface area (Å²) in [5, 5.41) is 13.1. The van der Waals surface area contributed by atoms with E-state index >= 15 is 17.6 Å². The number of hydrogen-bond acceptors (Lipinski definition) is 9. The van der Waals surface area contributed by atoms with E-state index in [1.807, 2.05) is 6.08 Å². The fraction of sp³-hybridized carbons (Fsp3) is 0.364. The number of halogens is 4. The maximum absolute atomic E-state index is 16.6. The lowest BCUT2D eigenvalue weighted by Gasteiger charge is -2.34. The number of piperidine rings is 2. The van der Waals surface area contributed by atoms with Gasteiger partial charge in [-0.25, -0.2) is 17.6 Å². The Labute approximate surface area is 353 Å². The number of carbonyl (C=O) groups excluding carboxylic acids is 4. The van der Waals surface area contributed by atoms with Crippen molar-refractivity contribution in [2.75, 3.05) is 57.6 Å². The molecular weight excluding hydrogens is 811 g/mol. The van der Waals surface area contributed by atoms with Crippen LogP contribution in [0.4, 0.5) is 28.9 Å². The molecule has 0 aliphatic carbocycles. The number of aromatic amines is 1. The third-order valence-electron chi connectivity index (χ3n) is 11.9. The Kier molecular flexibility index (Phi) is 11.7. The number of fused-ring (bicyclic) bond motifs is 1. The van der Waals surface area contributed by atoms with Crippen molar-refractivity contribution < 1.29 is 41.5 Å². The second kappa shape index (κ2) is 17.3. The molecule has 5 heterocycles. The molecule has 2 fully saturated rings. The van der Waals surface area contributed by atoms with E-state index in [0.29, 0.717) is 49.2 Å². The first kappa shape index (κ1) is 42.0. The molecule has 0 radical (unpaired) electrons. The van der Waals surface area contributed by atoms with Crippen molar-refractivity contribution in [3.05, 3.63) is 95.0 Å². The van der Waals surface area contributed by atoms with Gasteiger partial charge in [0.15, 0.2) is 5.82 Å². The predicted molar refractivity (Wildman–Crippen MR) is 222 cm³/mol. The smallest absolute Gasteiger partial charge is 0.269 e. The summed E-state index contributed by atoms with van der Waals surface area (Å²) < 4.78 is 72.1. The monoisotopic (exact) mass is 855 g/mol. The molecule has 18 heteroatoms. The Hall–Kier alpha value is -6.72. The largest absolute Gasteiger partial charge is 0.495 e. The molecule has 0 saturated carbocycles. The van der Waals surface area contributed by atoms with E-state index in [2.05, 4.69) is 25.9 Å². The first-order valence-electron chi connectivity index (χ1n) is 20.4. The van der Waals surface area contributed by atoms with Crippen LogP contribution in [0.5, 0.6) is 5.75 Å². The van der Waals surface area contributed by atoms with E-state index in [1.54, 1.807) is 40.8 Å². The molecule has 3 aliphatic rings. The fourth-order valence-electron chi connectivity index (χ4n) is 8.54. The summed E-state index contributed by atoms with van der Waals surface area (Å²) in [6.07, 6.45) is 6.80. The van der Waals surface area contributed by atoms with Crippen LogP contribution in [0.3, 0.4) is 0 Å². The number of imide groups is 1. The van der Waals surface area contributed by atoms with Gasteiger partial charge in [0.1, 0.15) is 34.9 Å². The Morgan fingerprint density at radius 2 is 1.73 bits per heavy atom. The van der Waals surface area contributed by atoms with Gasteiger partial charge in [0, 0.05) is 88.0 Å². The second-order valence-electron chi connectivity index (χ2n) is 16.0. The average molecular weight is 856 g/mol. The summed E-state index contributed by atoms with van der Waals surface area (Å²) in [5.41, 5.74) is 1.24. The lowest BCUT2D eigenvalue weighted by molar-refractivity contribution is -0.134. The molecule has 8 rings (SSSR count). The normalized spacial score (nSPS) is 17.3. The number of amides is 4. The molecule has 2 aromatic heterocycles. The van der Waals surface area contributed by atoms with Crippen molar-refractivity contribution in [2.45, 2.75) is 57.0 Å². The van der Waals surface area contributed by atoms with Crippen molar-refractivity contribution in [1.82, 2.24) is 35.1 Å². The minimum absolute atomic E-state index is 0.0118. The van der Waals surface area contributed by atoms with Crippen LogP contribution in [0.2, 0.25) is 0 Å².